The third-order valence-corrected chi connectivity index (χ3v) is 3.45. The van der Waals surface area contributed by atoms with Crippen LogP contribution < -0.4 is 5.32 Å². The van der Waals surface area contributed by atoms with Crippen LogP contribution in [0.5, 0.6) is 0 Å². The first-order chi connectivity index (χ1) is 8.17. The van der Waals surface area contributed by atoms with Gasteiger partial charge >= 0.3 is 0 Å². The van der Waals surface area contributed by atoms with E-state index in [0.29, 0.717) is 5.69 Å². The lowest BCUT2D eigenvalue weighted by atomic mass is 9.83. The van der Waals surface area contributed by atoms with Crippen molar-refractivity contribution in [3.63, 3.8) is 0 Å². The maximum atomic E-state index is 12.1. The van der Waals surface area contributed by atoms with Crippen molar-refractivity contribution in [2.45, 2.75) is 37.6 Å². The van der Waals surface area contributed by atoms with Gasteiger partial charge < -0.3 is 9.88 Å². The maximum absolute atomic E-state index is 12.1. The Hall–Kier alpha value is -1.76. The van der Waals surface area contributed by atoms with Gasteiger partial charge in [-0.25, -0.2) is 0 Å². The van der Waals surface area contributed by atoms with Crippen LogP contribution in [0.25, 0.3) is 0 Å². The van der Waals surface area contributed by atoms with E-state index < -0.39 is 5.54 Å². The second-order valence-electron chi connectivity index (χ2n) is 4.71. The van der Waals surface area contributed by atoms with Crippen LogP contribution in [0.15, 0.2) is 18.3 Å². The zero-order valence-electron chi connectivity index (χ0n) is 10.1. The van der Waals surface area contributed by atoms with E-state index in [2.05, 4.69) is 11.4 Å². The number of nitrogens with zero attached hydrogens (tertiary/aromatic N) is 2. The van der Waals surface area contributed by atoms with Crippen molar-refractivity contribution < 1.29 is 4.79 Å². The number of carbonyl (C=O) groups is 1. The van der Waals surface area contributed by atoms with Crippen LogP contribution in [0.3, 0.4) is 0 Å². The van der Waals surface area contributed by atoms with Crippen LogP contribution in [-0.2, 0) is 7.05 Å². The molecule has 0 aromatic carbocycles. The number of hydrogen-bond acceptors (Lipinski definition) is 2. The number of nitrogens with one attached hydrogen (secondary N) is 1. The standard InChI is InChI=1S/C13H17N3O/c1-16-9-5-6-11(16)12(17)15-13(10-14)7-3-2-4-8-13/h5-6,9H,2-4,7-8H2,1H3,(H,15,17). The molecule has 1 saturated carbocycles. The smallest absolute Gasteiger partial charge is 0.269 e. The van der Waals surface area contributed by atoms with Crippen LogP contribution in [-0.4, -0.2) is 16.0 Å². The highest BCUT2D eigenvalue weighted by Crippen LogP contribution is 2.27. The van der Waals surface area contributed by atoms with Gasteiger partial charge in [0, 0.05) is 13.2 Å². The van der Waals surface area contributed by atoms with E-state index in [0.717, 1.165) is 32.1 Å². The van der Waals surface area contributed by atoms with Gasteiger partial charge in [0.05, 0.1) is 6.07 Å². The summed E-state index contributed by atoms with van der Waals surface area (Å²) in [5.74, 6) is -0.152. The van der Waals surface area contributed by atoms with E-state index in [1.54, 1.807) is 10.6 Å². The highest BCUT2D eigenvalue weighted by Gasteiger charge is 2.34. The fraction of sp³-hybridized carbons (Fsp3) is 0.538. The Morgan fingerprint density at radius 3 is 2.71 bits per heavy atom. The maximum Gasteiger partial charge on any atom is 0.269 e. The second kappa shape index (κ2) is 4.62. The summed E-state index contributed by atoms with van der Waals surface area (Å²) >= 11 is 0. The molecule has 0 radical (unpaired) electrons. The van der Waals surface area contributed by atoms with Crippen molar-refractivity contribution in [3.05, 3.63) is 24.0 Å². The molecule has 4 heteroatoms. The van der Waals surface area contributed by atoms with Gasteiger partial charge in [-0.2, -0.15) is 5.26 Å². The molecule has 1 aromatic heterocycles. The average molecular weight is 231 g/mol. The Morgan fingerprint density at radius 2 is 2.18 bits per heavy atom. The molecule has 4 nitrogen and oxygen atoms in total. The third-order valence-electron chi connectivity index (χ3n) is 3.45. The molecular weight excluding hydrogens is 214 g/mol. The highest BCUT2D eigenvalue weighted by molar-refractivity contribution is 5.93. The number of carbonyl (C=O) groups excluding carboxylic acids is 1. The second-order valence-corrected chi connectivity index (χ2v) is 4.71. The molecule has 1 amide bonds. The Balaban J connectivity index is 2.12. The van der Waals surface area contributed by atoms with E-state index in [1.165, 1.54) is 0 Å². The van der Waals surface area contributed by atoms with Crippen molar-refractivity contribution in [3.8, 4) is 6.07 Å². The van der Waals surface area contributed by atoms with Crippen molar-refractivity contribution in [2.24, 2.45) is 7.05 Å². The first kappa shape index (κ1) is 11.7. The van der Waals surface area contributed by atoms with Gasteiger partial charge in [0.25, 0.3) is 5.91 Å². The first-order valence-electron chi connectivity index (χ1n) is 6.02. The molecule has 0 bridgehead atoms. The van der Waals surface area contributed by atoms with Gasteiger partial charge in [-0.05, 0) is 25.0 Å². The Labute approximate surface area is 101 Å². The summed E-state index contributed by atoms with van der Waals surface area (Å²) in [4.78, 5) is 12.1. The molecule has 17 heavy (non-hydrogen) atoms. The monoisotopic (exact) mass is 231 g/mol. The van der Waals surface area contributed by atoms with Crippen molar-refractivity contribution in [1.29, 1.82) is 5.26 Å². The fourth-order valence-corrected chi connectivity index (χ4v) is 2.40. The van der Waals surface area contributed by atoms with E-state index in [4.69, 9.17) is 0 Å². The normalized spacial score (nSPS) is 18.4. The fourth-order valence-electron chi connectivity index (χ4n) is 2.40. The highest BCUT2D eigenvalue weighted by atomic mass is 16.2. The predicted octanol–water partition coefficient (Wildman–Crippen LogP) is 1.98. The van der Waals surface area contributed by atoms with E-state index in [1.807, 2.05) is 19.3 Å². The lowest BCUT2D eigenvalue weighted by molar-refractivity contribution is 0.0894. The van der Waals surface area contributed by atoms with Gasteiger partial charge in [0.15, 0.2) is 0 Å². The zero-order valence-corrected chi connectivity index (χ0v) is 10.1. The molecule has 1 N–H and O–H groups in total. The van der Waals surface area contributed by atoms with Crippen LogP contribution in [0.4, 0.5) is 0 Å². The average Bonchev–Trinajstić information content (AvgIpc) is 2.77. The number of aromatic nitrogens is 1. The van der Waals surface area contributed by atoms with E-state index >= 15 is 0 Å². The lowest BCUT2D eigenvalue weighted by Gasteiger charge is -2.31. The molecule has 1 fully saturated rings. The minimum absolute atomic E-state index is 0.152. The third kappa shape index (κ3) is 2.33. The van der Waals surface area contributed by atoms with Gasteiger partial charge in [0.2, 0.25) is 0 Å². The zero-order chi connectivity index (χ0) is 12.3. The molecule has 0 saturated heterocycles. The predicted molar refractivity (Wildman–Crippen MR) is 64.3 cm³/mol. The van der Waals surface area contributed by atoms with Crippen LogP contribution in [0.1, 0.15) is 42.6 Å². The van der Waals surface area contributed by atoms with Gasteiger partial charge in [0.1, 0.15) is 11.2 Å². The molecule has 2 rings (SSSR count). The summed E-state index contributed by atoms with van der Waals surface area (Å²) in [7, 11) is 1.83. The Morgan fingerprint density at radius 1 is 1.47 bits per heavy atom. The summed E-state index contributed by atoms with van der Waals surface area (Å²) in [5, 5.41) is 12.2. The molecule has 1 heterocycles. The van der Waals surface area contributed by atoms with Crippen LogP contribution >= 0.6 is 0 Å². The summed E-state index contributed by atoms with van der Waals surface area (Å²) in [6.07, 6.45) is 6.54. The molecule has 1 aromatic rings. The number of rotatable bonds is 2. The number of amides is 1. The minimum Gasteiger partial charge on any atom is -0.347 e. The topological polar surface area (TPSA) is 57.8 Å². The van der Waals surface area contributed by atoms with E-state index in [-0.39, 0.29) is 5.91 Å². The number of hydrogen-bond donors (Lipinski definition) is 1. The summed E-state index contributed by atoms with van der Waals surface area (Å²) in [6, 6.07) is 5.88. The largest absolute Gasteiger partial charge is 0.347 e. The molecule has 0 aliphatic heterocycles. The molecular formula is C13H17N3O. The van der Waals surface area contributed by atoms with Crippen LogP contribution in [0.2, 0.25) is 0 Å². The Kier molecular flexibility index (Phi) is 3.19. The van der Waals surface area contributed by atoms with Crippen molar-refractivity contribution in [2.75, 3.05) is 0 Å². The lowest BCUT2D eigenvalue weighted by Crippen LogP contribution is -2.49. The molecule has 1 aliphatic carbocycles. The van der Waals surface area contributed by atoms with E-state index in [9.17, 15) is 10.1 Å². The first-order valence-corrected chi connectivity index (χ1v) is 6.02. The molecule has 90 valence electrons. The SMILES string of the molecule is Cn1cccc1C(=O)NC1(C#N)CCCCC1. The molecule has 1 aliphatic rings. The molecule has 0 unspecified atom stereocenters. The van der Waals surface area contributed by atoms with Crippen LogP contribution in [0, 0.1) is 11.3 Å². The number of aryl methyl sites for hydroxylation is 1. The van der Waals surface area contributed by atoms with Crippen molar-refractivity contribution >= 4 is 5.91 Å². The molecule has 0 atom stereocenters. The summed E-state index contributed by atoms with van der Waals surface area (Å²) in [5.41, 5.74) is -0.0511. The Bertz CT molecular complexity index is 449. The van der Waals surface area contributed by atoms with Gasteiger partial charge in [-0.15, -0.1) is 0 Å². The summed E-state index contributed by atoms with van der Waals surface area (Å²) in [6.45, 7) is 0. The quantitative estimate of drug-likeness (QED) is 0.846. The summed E-state index contributed by atoms with van der Waals surface area (Å²) < 4.78 is 1.77. The van der Waals surface area contributed by atoms with Gasteiger partial charge in [-0.3, -0.25) is 4.79 Å². The van der Waals surface area contributed by atoms with Crippen molar-refractivity contribution in [1.82, 2.24) is 9.88 Å². The molecule has 0 spiro atoms. The minimum atomic E-state index is -0.653. The van der Waals surface area contributed by atoms with Gasteiger partial charge in [-0.1, -0.05) is 19.3 Å². The number of nitriles is 1.